The van der Waals surface area contributed by atoms with Gasteiger partial charge in [0.25, 0.3) is 0 Å². The molecule has 1 rings (SSSR count). The lowest BCUT2D eigenvalue weighted by atomic mass is 10.1. The largest absolute Gasteiger partial charge is 0.354 e. The van der Waals surface area contributed by atoms with Gasteiger partial charge in [-0.3, -0.25) is 4.79 Å². The van der Waals surface area contributed by atoms with Crippen LogP contribution < -0.4 is 5.32 Å². The fraction of sp³-hybridized carbons (Fsp3) is 0.385. The minimum atomic E-state index is -0.0246. The topological polar surface area (TPSA) is 52.9 Å². The van der Waals surface area contributed by atoms with E-state index < -0.39 is 0 Å². The maximum atomic E-state index is 11.4. The zero-order valence-electron chi connectivity index (χ0n) is 10.1. The van der Waals surface area contributed by atoms with Crippen LogP contribution in [0.2, 0.25) is 0 Å². The predicted octanol–water partition coefficient (Wildman–Crippen LogP) is 2.43. The normalized spacial score (nSPS) is 9.71. The summed E-state index contributed by atoms with van der Waals surface area (Å²) in [4.78, 5) is 12.5. The van der Waals surface area contributed by atoms with Gasteiger partial charge < -0.3 is 5.32 Å². The Morgan fingerprint density at radius 3 is 2.82 bits per heavy atom. The van der Waals surface area contributed by atoms with Gasteiger partial charge in [0.1, 0.15) is 0 Å². The van der Waals surface area contributed by atoms with Crippen LogP contribution in [0.15, 0.2) is 23.1 Å². The van der Waals surface area contributed by atoms with Crippen molar-refractivity contribution in [3.8, 4) is 6.07 Å². The summed E-state index contributed by atoms with van der Waals surface area (Å²) in [6, 6.07) is 8.16. The third-order valence-corrected chi connectivity index (χ3v) is 3.40. The highest BCUT2D eigenvalue weighted by molar-refractivity contribution is 8.00. The summed E-state index contributed by atoms with van der Waals surface area (Å²) in [7, 11) is 0. The molecule has 0 atom stereocenters. The molecule has 4 heteroatoms. The molecule has 0 unspecified atom stereocenters. The van der Waals surface area contributed by atoms with Crippen LogP contribution in [0.25, 0.3) is 0 Å². The number of thioether (sulfide) groups is 1. The monoisotopic (exact) mass is 248 g/mol. The molecule has 3 nitrogen and oxygen atoms in total. The van der Waals surface area contributed by atoms with Crippen LogP contribution in [0.3, 0.4) is 0 Å². The molecule has 0 heterocycles. The smallest absolute Gasteiger partial charge is 0.230 e. The lowest BCUT2D eigenvalue weighted by molar-refractivity contribution is -0.118. The average molecular weight is 248 g/mol. The van der Waals surface area contributed by atoms with Gasteiger partial charge in [-0.1, -0.05) is 6.07 Å². The zero-order chi connectivity index (χ0) is 12.7. The van der Waals surface area contributed by atoms with Gasteiger partial charge in [0.2, 0.25) is 5.91 Å². The first-order valence-corrected chi connectivity index (χ1v) is 6.45. The van der Waals surface area contributed by atoms with Crippen molar-refractivity contribution in [2.45, 2.75) is 25.2 Å². The average Bonchev–Trinajstić information content (AvgIpc) is 2.31. The Morgan fingerprint density at radius 1 is 1.41 bits per heavy atom. The highest BCUT2D eigenvalue weighted by Crippen LogP contribution is 2.20. The van der Waals surface area contributed by atoms with Gasteiger partial charge in [-0.2, -0.15) is 5.26 Å². The fourth-order valence-corrected chi connectivity index (χ4v) is 2.09. The summed E-state index contributed by atoms with van der Waals surface area (Å²) in [6.45, 7) is 4.56. The fourth-order valence-electron chi connectivity index (χ4n) is 1.26. The minimum absolute atomic E-state index is 0.0246. The molecule has 1 amide bonds. The van der Waals surface area contributed by atoms with Gasteiger partial charge in [0, 0.05) is 11.4 Å². The molecular formula is C13H16N2OS. The predicted molar refractivity (Wildman–Crippen MR) is 69.9 cm³/mol. The van der Waals surface area contributed by atoms with Crippen molar-refractivity contribution in [3.63, 3.8) is 0 Å². The minimum Gasteiger partial charge on any atom is -0.354 e. The molecule has 0 aromatic heterocycles. The van der Waals surface area contributed by atoms with Crippen LogP contribution in [-0.4, -0.2) is 18.2 Å². The van der Waals surface area contributed by atoms with Crippen molar-refractivity contribution in [2.75, 3.05) is 12.3 Å². The molecule has 0 fully saturated rings. The van der Waals surface area contributed by atoms with Crippen LogP contribution in [0, 0.1) is 25.2 Å². The van der Waals surface area contributed by atoms with Crippen molar-refractivity contribution < 1.29 is 4.79 Å². The number of amides is 1. The number of aryl methyl sites for hydroxylation is 2. The number of nitriles is 1. The van der Waals surface area contributed by atoms with Crippen LogP contribution >= 0.6 is 11.8 Å². The van der Waals surface area contributed by atoms with Gasteiger partial charge in [0.15, 0.2) is 0 Å². The van der Waals surface area contributed by atoms with Crippen molar-refractivity contribution >= 4 is 17.7 Å². The van der Waals surface area contributed by atoms with Crippen LogP contribution in [0.1, 0.15) is 17.5 Å². The van der Waals surface area contributed by atoms with E-state index >= 15 is 0 Å². The maximum Gasteiger partial charge on any atom is 0.230 e. The Kier molecular flexibility index (Phi) is 5.58. The van der Waals surface area contributed by atoms with E-state index in [2.05, 4.69) is 31.3 Å². The Balaban J connectivity index is 2.37. The van der Waals surface area contributed by atoms with E-state index in [0.717, 1.165) is 4.90 Å². The first-order chi connectivity index (χ1) is 8.13. The molecule has 0 saturated heterocycles. The molecule has 1 aromatic rings. The van der Waals surface area contributed by atoms with E-state index in [1.807, 2.05) is 12.1 Å². The van der Waals surface area contributed by atoms with E-state index in [1.54, 1.807) is 0 Å². The second kappa shape index (κ2) is 6.97. The Morgan fingerprint density at radius 2 is 2.18 bits per heavy atom. The molecule has 0 bridgehead atoms. The number of benzene rings is 1. The molecule has 0 radical (unpaired) electrons. The van der Waals surface area contributed by atoms with Gasteiger partial charge >= 0.3 is 0 Å². The zero-order valence-corrected chi connectivity index (χ0v) is 10.9. The first kappa shape index (κ1) is 13.6. The third-order valence-electron chi connectivity index (χ3n) is 2.41. The van der Waals surface area contributed by atoms with E-state index in [9.17, 15) is 4.79 Å². The van der Waals surface area contributed by atoms with Gasteiger partial charge in [0.05, 0.1) is 18.2 Å². The van der Waals surface area contributed by atoms with Crippen molar-refractivity contribution in [3.05, 3.63) is 29.3 Å². The van der Waals surface area contributed by atoms with Gasteiger partial charge in [-0.25, -0.2) is 0 Å². The molecule has 90 valence electrons. The Labute approximate surface area is 106 Å². The second-order valence-corrected chi connectivity index (χ2v) is 4.84. The van der Waals surface area contributed by atoms with E-state index in [-0.39, 0.29) is 5.91 Å². The summed E-state index contributed by atoms with van der Waals surface area (Å²) < 4.78 is 0. The van der Waals surface area contributed by atoms with E-state index in [0.29, 0.717) is 18.7 Å². The SMILES string of the molecule is Cc1ccc(SCC(=O)NCCC#N)cc1C. The number of nitrogens with zero attached hydrogens (tertiary/aromatic N) is 1. The molecule has 1 N–H and O–H groups in total. The number of hydrogen-bond acceptors (Lipinski definition) is 3. The lowest BCUT2D eigenvalue weighted by Crippen LogP contribution is -2.25. The van der Waals surface area contributed by atoms with Gasteiger partial charge in [-0.15, -0.1) is 11.8 Å². The molecule has 0 aliphatic carbocycles. The molecule has 0 aliphatic heterocycles. The van der Waals surface area contributed by atoms with Crippen molar-refractivity contribution in [2.24, 2.45) is 0 Å². The maximum absolute atomic E-state index is 11.4. The van der Waals surface area contributed by atoms with E-state index in [1.165, 1.54) is 22.9 Å². The summed E-state index contributed by atoms with van der Waals surface area (Å²) in [6.07, 6.45) is 0.361. The van der Waals surface area contributed by atoms with E-state index in [4.69, 9.17) is 5.26 Å². The van der Waals surface area contributed by atoms with Crippen molar-refractivity contribution in [1.29, 1.82) is 5.26 Å². The molecule has 1 aromatic carbocycles. The number of rotatable bonds is 5. The summed E-state index contributed by atoms with van der Waals surface area (Å²) in [5, 5.41) is 11.0. The quantitative estimate of drug-likeness (QED) is 0.643. The standard InChI is InChI=1S/C13H16N2OS/c1-10-4-5-12(8-11(10)2)17-9-13(16)15-7-3-6-14/h4-5,8H,3,7,9H2,1-2H3,(H,15,16). The highest BCUT2D eigenvalue weighted by atomic mass is 32.2. The van der Waals surface area contributed by atoms with Gasteiger partial charge in [-0.05, 0) is 37.1 Å². The number of nitrogens with one attached hydrogen (secondary N) is 1. The lowest BCUT2D eigenvalue weighted by Gasteiger charge is -2.05. The second-order valence-electron chi connectivity index (χ2n) is 3.79. The van der Waals surface area contributed by atoms with Crippen LogP contribution in [0.5, 0.6) is 0 Å². The summed E-state index contributed by atoms with van der Waals surface area (Å²) in [5.41, 5.74) is 2.49. The molecule has 0 saturated carbocycles. The number of carbonyl (C=O) groups is 1. The molecule has 0 aliphatic rings. The molecular weight excluding hydrogens is 232 g/mol. The van der Waals surface area contributed by atoms with Crippen LogP contribution in [-0.2, 0) is 4.79 Å². The Hall–Kier alpha value is -1.47. The van der Waals surface area contributed by atoms with Crippen LogP contribution in [0.4, 0.5) is 0 Å². The number of hydrogen-bond donors (Lipinski definition) is 1. The molecule has 0 spiro atoms. The molecule has 17 heavy (non-hydrogen) atoms. The summed E-state index contributed by atoms with van der Waals surface area (Å²) in [5.74, 6) is 0.372. The van der Waals surface area contributed by atoms with Crippen molar-refractivity contribution in [1.82, 2.24) is 5.32 Å². The Bertz CT molecular complexity index is 438. The highest BCUT2D eigenvalue weighted by Gasteiger charge is 2.03. The third kappa shape index (κ3) is 4.92. The number of carbonyl (C=O) groups excluding carboxylic acids is 1. The summed E-state index contributed by atoms with van der Waals surface area (Å²) >= 11 is 1.51. The first-order valence-electron chi connectivity index (χ1n) is 5.47.